The third-order valence-electron chi connectivity index (χ3n) is 2.15. The Kier molecular flexibility index (Phi) is 2.38. The molecule has 0 aliphatic carbocycles. The van der Waals surface area contributed by atoms with Crippen LogP contribution in [0.15, 0.2) is 11.4 Å². The fraction of sp³-hybridized carbons (Fsp3) is 0.455. The Labute approximate surface area is 93.6 Å². The molecule has 0 radical (unpaired) electrons. The lowest BCUT2D eigenvalue weighted by Crippen LogP contribution is -2.13. The maximum atomic E-state index is 4.51. The number of nitrogens with zero attached hydrogens (tertiary/aromatic N) is 2. The van der Waals surface area contributed by atoms with E-state index in [-0.39, 0.29) is 5.41 Å². The van der Waals surface area contributed by atoms with Crippen LogP contribution in [-0.4, -0.2) is 15.2 Å². The van der Waals surface area contributed by atoms with E-state index in [4.69, 9.17) is 0 Å². The summed E-state index contributed by atoms with van der Waals surface area (Å²) in [6.45, 7) is 8.45. The predicted molar refractivity (Wildman–Crippen MR) is 63.1 cm³/mol. The molecule has 0 fully saturated rings. The Morgan fingerprint density at radius 2 is 2.07 bits per heavy atom. The summed E-state index contributed by atoms with van der Waals surface area (Å²) in [5, 5.41) is 9.35. The lowest BCUT2D eigenvalue weighted by molar-refractivity contribution is 0.548. The Bertz CT molecular complexity index is 462. The Balaban J connectivity index is 2.36. The minimum absolute atomic E-state index is 0.0254. The molecule has 0 saturated carbocycles. The summed E-state index contributed by atoms with van der Waals surface area (Å²) in [5.41, 5.74) is 1.29. The van der Waals surface area contributed by atoms with Crippen molar-refractivity contribution < 1.29 is 0 Å². The van der Waals surface area contributed by atoms with Gasteiger partial charge in [0.05, 0.1) is 4.88 Å². The van der Waals surface area contributed by atoms with Crippen LogP contribution in [0.5, 0.6) is 0 Å². The second-order valence-corrected chi connectivity index (χ2v) is 5.66. The van der Waals surface area contributed by atoms with Gasteiger partial charge >= 0.3 is 0 Å². The van der Waals surface area contributed by atoms with Crippen molar-refractivity contribution in [2.75, 3.05) is 0 Å². The lowest BCUT2D eigenvalue weighted by atomic mass is 9.96. The van der Waals surface area contributed by atoms with E-state index in [1.165, 1.54) is 5.56 Å². The van der Waals surface area contributed by atoms with E-state index >= 15 is 0 Å². The van der Waals surface area contributed by atoms with E-state index in [2.05, 4.69) is 54.3 Å². The third-order valence-corrected chi connectivity index (χ3v) is 3.19. The zero-order valence-corrected chi connectivity index (χ0v) is 10.3. The molecule has 2 heterocycles. The molecule has 0 atom stereocenters. The van der Waals surface area contributed by atoms with Crippen LogP contribution in [0.1, 0.15) is 32.2 Å². The average molecular weight is 221 g/mol. The van der Waals surface area contributed by atoms with Crippen molar-refractivity contribution in [3.8, 4) is 10.7 Å². The summed E-state index contributed by atoms with van der Waals surface area (Å²) in [4.78, 5) is 5.63. The summed E-state index contributed by atoms with van der Waals surface area (Å²) >= 11 is 1.68. The van der Waals surface area contributed by atoms with Crippen LogP contribution in [0.4, 0.5) is 0 Å². The van der Waals surface area contributed by atoms with Gasteiger partial charge in [0.2, 0.25) is 0 Å². The molecule has 0 saturated heterocycles. The van der Waals surface area contributed by atoms with E-state index in [0.717, 1.165) is 16.5 Å². The van der Waals surface area contributed by atoms with Gasteiger partial charge in [0, 0.05) is 5.41 Å². The highest BCUT2D eigenvalue weighted by molar-refractivity contribution is 7.13. The summed E-state index contributed by atoms with van der Waals surface area (Å²) in [6, 6.07) is 2.11. The fourth-order valence-electron chi connectivity index (χ4n) is 1.26. The van der Waals surface area contributed by atoms with Gasteiger partial charge in [0.15, 0.2) is 5.82 Å². The number of hydrogen-bond donors (Lipinski definition) is 1. The molecule has 2 aromatic heterocycles. The van der Waals surface area contributed by atoms with Crippen molar-refractivity contribution in [3.63, 3.8) is 0 Å². The fourth-order valence-corrected chi connectivity index (χ4v) is 2.09. The lowest BCUT2D eigenvalue weighted by Gasteiger charge is -2.12. The Hall–Kier alpha value is -1.16. The van der Waals surface area contributed by atoms with E-state index in [9.17, 15) is 0 Å². The van der Waals surface area contributed by atoms with Gasteiger partial charge in [-0.05, 0) is 23.9 Å². The largest absolute Gasteiger partial charge is 0.262 e. The molecule has 80 valence electrons. The minimum atomic E-state index is 0.0254. The van der Waals surface area contributed by atoms with Gasteiger partial charge in [-0.25, -0.2) is 4.98 Å². The standard InChI is InChI=1S/C11H15N3S/c1-7-5-8(15-6-7)9-12-10(14-13-9)11(2,3)4/h5-6H,1-4H3,(H,12,13,14). The summed E-state index contributed by atoms with van der Waals surface area (Å²) in [6.07, 6.45) is 0. The first kappa shape index (κ1) is 10.4. The normalized spacial score (nSPS) is 12.0. The highest BCUT2D eigenvalue weighted by atomic mass is 32.1. The average Bonchev–Trinajstić information content (AvgIpc) is 2.69. The van der Waals surface area contributed by atoms with Crippen LogP contribution < -0.4 is 0 Å². The van der Waals surface area contributed by atoms with Gasteiger partial charge in [-0.15, -0.1) is 11.3 Å². The first-order chi connectivity index (χ1) is 6.97. The first-order valence-corrected chi connectivity index (χ1v) is 5.83. The van der Waals surface area contributed by atoms with Crippen LogP contribution in [0.25, 0.3) is 10.7 Å². The van der Waals surface area contributed by atoms with Crippen molar-refractivity contribution in [3.05, 3.63) is 22.8 Å². The van der Waals surface area contributed by atoms with Crippen LogP contribution in [0.3, 0.4) is 0 Å². The maximum Gasteiger partial charge on any atom is 0.191 e. The van der Waals surface area contributed by atoms with Crippen LogP contribution in [-0.2, 0) is 5.41 Å². The number of nitrogens with one attached hydrogen (secondary N) is 1. The van der Waals surface area contributed by atoms with E-state index in [1.54, 1.807) is 11.3 Å². The summed E-state index contributed by atoms with van der Waals surface area (Å²) in [7, 11) is 0. The van der Waals surface area contributed by atoms with E-state index in [0.29, 0.717) is 0 Å². The molecule has 0 bridgehead atoms. The molecule has 0 aliphatic rings. The molecular weight excluding hydrogens is 206 g/mol. The highest BCUT2D eigenvalue weighted by Crippen LogP contribution is 2.26. The molecule has 4 heteroatoms. The number of H-pyrrole nitrogens is 1. The highest BCUT2D eigenvalue weighted by Gasteiger charge is 2.19. The second kappa shape index (κ2) is 3.45. The molecule has 2 aromatic rings. The number of aromatic amines is 1. The molecule has 0 unspecified atom stereocenters. The topological polar surface area (TPSA) is 41.6 Å². The molecule has 3 nitrogen and oxygen atoms in total. The molecule has 15 heavy (non-hydrogen) atoms. The van der Waals surface area contributed by atoms with Gasteiger partial charge in [-0.2, -0.15) is 5.10 Å². The van der Waals surface area contributed by atoms with Crippen molar-refractivity contribution in [1.29, 1.82) is 0 Å². The molecule has 0 aliphatic heterocycles. The van der Waals surface area contributed by atoms with Crippen molar-refractivity contribution in [2.45, 2.75) is 33.1 Å². The quantitative estimate of drug-likeness (QED) is 0.803. The zero-order chi connectivity index (χ0) is 11.1. The van der Waals surface area contributed by atoms with Crippen molar-refractivity contribution in [2.24, 2.45) is 0 Å². The smallest absolute Gasteiger partial charge is 0.191 e. The Morgan fingerprint density at radius 3 is 2.53 bits per heavy atom. The van der Waals surface area contributed by atoms with Gasteiger partial charge in [0.25, 0.3) is 0 Å². The molecule has 1 N–H and O–H groups in total. The van der Waals surface area contributed by atoms with Gasteiger partial charge < -0.3 is 0 Å². The predicted octanol–water partition coefficient (Wildman–Crippen LogP) is 3.14. The number of thiophene rings is 1. The van der Waals surface area contributed by atoms with Crippen molar-refractivity contribution in [1.82, 2.24) is 15.2 Å². The van der Waals surface area contributed by atoms with Crippen LogP contribution >= 0.6 is 11.3 Å². The number of aryl methyl sites for hydroxylation is 1. The minimum Gasteiger partial charge on any atom is -0.262 e. The van der Waals surface area contributed by atoms with Gasteiger partial charge in [-0.3, -0.25) is 5.10 Å². The molecule has 0 aromatic carbocycles. The van der Waals surface area contributed by atoms with E-state index in [1.807, 2.05) is 0 Å². The Morgan fingerprint density at radius 1 is 1.33 bits per heavy atom. The number of hydrogen-bond acceptors (Lipinski definition) is 3. The zero-order valence-electron chi connectivity index (χ0n) is 9.46. The first-order valence-electron chi connectivity index (χ1n) is 4.95. The maximum absolute atomic E-state index is 4.51. The van der Waals surface area contributed by atoms with Crippen molar-refractivity contribution >= 4 is 11.3 Å². The number of rotatable bonds is 1. The van der Waals surface area contributed by atoms with E-state index < -0.39 is 0 Å². The molecular formula is C11H15N3S. The molecule has 0 spiro atoms. The SMILES string of the molecule is Cc1csc(-c2n[nH]c(C(C)(C)C)n2)c1. The third kappa shape index (κ3) is 2.09. The molecule has 0 amide bonds. The van der Waals surface area contributed by atoms with Crippen LogP contribution in [0, 0.1) is 6.92 Å². The van der Waals surface area contributed by atoms with Gasteiger partial charge in [0.1, 0.15) is 5.82 Å². The molecule has 2 rings (SSSR count). The summed E-state index contributed by atoms with van der Waals surface area (Å²) < 4.78 is 0. The van der Waals surface area contributed by atoms with Gasteiger partial charge in [-0.1, -0.05) is 20.8 Å². The monoisotopic (exact) mass is 221 g/mol. The summed E-state index contributed by atoms with van der Waals surface area (Å²) in [5.74, 6) is 1.74. The second-order valence-electron chi connectivity index (χ2n) is 4.75. The van der Waals surface area contributed by atoms with Crippen LogP contribution in [0.2, 0.25) is 0 Å². The number of aromatic nitrogens is 3.